The lowest BCUT2D eigenvalue weighted by Gasteiger charge is -2.29. The van der Waals surface area contributed by atoms with Crippen LogP contribution in [0.25, 0.3) is 0 Å². The Hall–Kier alpha value is -0.870. The zero-order valence-electron chi connectivity index (χ0n) is 12.8. The first-order valence-corrected chi connectivity index (χ1v) is 8.24. The monoisotopic (exact) mass is 301 g/mol. The van der Waals surface area contributed by atoms with E-state index in [-0.39, 0.29) is 0 Å². The lowest BCUT2D eigenvalue weighted by molar-refractivity contribution is -0.0880. The van der Waals surface area contributed by atoms with Gasteiger partial charge < -0.3 is 4.52 Å². The molecule has 0 aliphatic rings. The van der Waals surface area contributed by atoms with Crippen LogP contribution in [0.2, 0.25) is 0 Å². The lowest BCUT2D eigenvalue weighted by atomic mass is 10.2. The molecule has 0 saturated heterocycles. The molecule has 0 fully saturated rings. The Morgan fingerprint density at radius 2 is 1.65 bits per heavy atom. The molecule has 0 radical (unpaired) electrons. The first-order valence-electron chi connectivity index (χ1n) is 6.78. The van der Waals surface area contributed by atoms with Gasteiger partial charge >= 0.3 is 7.82 Å². The molecule has 5 nitrogen and oxygen atoms in total. The van der Waals surface area contributed by atoms with Gasteiger partial charge in [-0.15, -0.1) is 0 Å². The minimum Gasteiger partial charge on any atom is -0.403 e. The van der Waals surface area contributed by atoms with Crippen LogP contribution >= 0.6 is 7.82 Å². The van der Waals surface area contributed by atoms with Gasteiger partial charge in [0.2, 0.25) is 0 Å². The molecule has 114 valence electrons. The summed E-state index contributed by atoms with van der Waals surface area (Å²) in [5.74, 6) is 0.451. The van der Waals surface area contributed by atoms with Gasteiger partial charge in [-0.05, 0) is 32.9 Å². The number of rotatable bonds is 7. The Kier molecular flexibility index (Phi) is 6.21. The molecule has 0 amide bonds. The molecular formula is C14H24NO4P. The number of nitrogens with zero attached hydrogens (tertiary/aromatic N) is 1. The predicted octanol–water partition coefficient (Wildman–Crippen LogP) is 4.26. The van der Waals surface area contributed by atoms with E-state index in [2.05, 4.69) is 0 Å². The van der Waals surface area contributed by atoms with Crippen molar-refractivity contribution in [1.82, 2.24) is 5.06 Å². The predicted molar refractivity (Wildman–Crippen MR) is 79.5 cm³/mol. The highest BCUT2D eigenvalue weighted by atomic mass is 31.2. The Morgan fingerprint density at radius 1 is 1.10 bits per heavy atom. The molecule has 1 atom stereocenters. The van der Waals surface area contributed by atoms with Gasteiger partial charge in [0.05, 0.1) is 5.60 Å². The molecule has 0 bridgehead atoms. The van der Waals surface area contributed by atoms with Crippen LogP contribution in [0.3, 0.4) is 0 Å². The average Bonchev–Trinajstić information content (AvgIpc) is 2.35. The van der Waals surface area contributed by atoms with Crippen LogP contribution in [-0.2, 0) is 13.7 Å². The standard InChI is InChI=1S/C14H24NO4P/c1-6-15(7-2)19-20(16,18-14(3,4)5)17-13-11-9-8-10-12-13/h8-12H,6-7H2,1-5H3. The molecule has 20 heavy (non-hydrogen) atoms. The third-order valence-corrected chi connectivity index (χ3v) is 3.90. The number of hydroxylamine groups is 2. The Balaban J connectivity index is 2.92. The van der Waals surface area contributed by atoms with Gasteiger partial charge in [-0.25, -0.2) is 4.57 Å². The van der Waals surface area contributed by atoms with Gasteiger partial charge in [-0.3, -0.25) is 4.52 Å². The van der Waals surface area contributed by atoms with Gasteiger partial charge in [0.1, 0.15) is 5.75 Å². The summed E-state index contributed by atoms with van der Waals surface area (Å²) in [6, 6.07) is 8.88. The van der Waals surface area contributed by atoms with Crippen molar-refractivity contribution in [2.24, 2.45) is 0 Å². The second-order valence-corrected chi connectivity index (χ2v) is 6.67. The van der Waals surface area contributed by atoms with Gasteiger partial charge in [0.15, 0.2) is 0 Å². The lowest BCUT2D eigenvalue weighted by Crippen LogP contribution is -2.27. The topological polar surface area (TPSA) is 48.0 Å². The van der Waals surface area contributed by atoms with Crippen molar-refractivity contribution in [2.45, 2.75) is 40.2 Å². The summed E-state index contributed by atoms with van der Waals surface area (Å²) in [6.07, 6.45) is 0. The molecule has 0 aromatic heterocycles. The fourth-order valence-corrected chi connectivity index (χ4v) is 3.15. The summed E-state index contributed by atoms with van der Waals surface area (Å²) in [5, 5.41) is 1.55. The third-order valence-electron chi connectivity index (χ3n) is 2.27. The van der Waals surface area contributed by atoms with Crippen LogP contribution in [0.1, 0.15) is 34.6 Å². The van der Waals surface area contributed by atoms with Gasteiger partial charge in [-0.1, -0.05) is 32.0 Å². The van der Waals surface area contributed by atoms with Gasteiger partial charge in [0, 0.05) is 13.1 Å². The number of phosphoric acid groups is 1. The summed E-state index contributed by atoms with van der Waals surface area (Å²) >= 11 is 0. The number of para-hydroxylation sites is 1. The number of hydrogen-bond acceptors (Lipinski definition) is 5. The van der Waals surface area contributed by atoms with E-state index in [0.717, 1.165) is 0 Å². The highest BCUT2D eigenvalue weighted by molar-refractivity contribution is 7.48. The molecule has 1 rings (SSSR count). The van der Waals surface area contributed by atoms with E-state index in [0.29, 0.717) is 18.8 Å². The third kappa shape index (κ3) is 6.06. The fraction of sp³-hybridized carbons (Fsp3) is 0.571. The Morgan fingerprint density at radius 3 is 2.10 bits per heavy atom. The Labute approximate surface area is 121 Å². The maximum absolute atomic E-state index is 12.8. The summed E-state index contributed by atoms with van der Waals surface area (Å²) < 4.78 is 29.3. The fourth-order valence-electron chi connectivity index (χ4n) is 1.48. The van der Waals surface area contributed by atoms with Crippen molar-refractivity contribution in [3.05, 3.63) is 30.3 Å². The minimum absolute atomic E-state index is 0.451. The van der Waals surface area contributed by atoms with Crippen LogP contribution in [-0.4, -0.2) is 23.8 Å². The quantitative estimate of drug-likeness (QED) is 0.556. The van der Waals surface area contributed by atoms with E-state index in [9.17, 15) is 4.57 Å². The summed E-state index contributed by atoms with van der Waals surface area (Å²) in [7, 11) is -3.73. The van der Waals surface area contributed by atoms with Crippen molar-refractivity contribution < 1.29 is 18.2 Å². The van der Waals surface area contributed by atoms with E-state index in [1.54, 1.807) is 50.1 Å². The van der Waals surface area contributed by atoms with Crippen molar-refractivity contribution in [2.75, 3.05) is 13.1 Å². The number of benzene rings is 1. The van der Waals surface area contributed by atoms with E-state index in [1.165, 1.54) is 0 Å². The maximum Gasteiger partial charge on any atom is 0.547 e. The molecular weight excluding hydrogens is 277 g/mol. The van der Waals surface area contributed by atoms with Crippen LogP contribution < -0.4 is 4.52 Å². The van der Waals surface area contributed by atoms with E-state index in [4.69, 9.17) is 13.7 Å². The van der Waals surface area contributed by atoms with Gasteiger partial charge in [-0.2, -0.15) is 9.69 Å². The van der Waals surface area contributed by atoms with E-state index in [1.807, 2.05) is 19.9 Å². The summed E-state index contributed by atoms with van der Waals surface area (Å²) in [5.41, 5.74) is -0.641. The Bertz CT molecular complexity index is 440. The number of hydrogen-bond donors (Lipinski definition) is 0. The molecule has 1 unspecified atom stereocenters. The second kappa shape index (κ2) is 7.23. The van der Waals surface area contributed by atoms with Crippen molar-refractivity contribution >= 4 is 7.82 Å². The van der Waals surface area contributed by atoms with Crippen molar-refractivity contribution in [3.8, 4) is 5.75 Å². The molecule has 1 aromatic rings. The highest BCUT2D eigenvalue weighted by Gasteiger charge is 2.36. The summed E-state index contributed by atoms with van der Waals surface area (Å²) in [4.78, 5) is 0. The van der Waals surface area contributed by atoms with Crippen LogP contribution in [0.4, 0.5) is 0 Å². The maximum atomic E-state index is 12.8. The zero-order chi connectivity index (χ0) is 15.2. The largest absolute Gasteiger partial charge is 0.547 e. The van der Waals surface area contributed by atoms with Crippen LogP contribution in [0.5, 0.6) is 5.75 Å². The van der Waals surface area contributed by atoms with E-state index < -0.39 is 13.4 Å². The normalized spacial score (nSPS) is 15.1. The van der Waals surface area contributed by atoms with Crippen LogP contribution in [0.15, 0.2) is 30.3 Å². The molecule has 0 N–H and O–H groups in total. The van der Waals surface area contributed by atoms with Crippen LogP contribution in [0, 0.1) is 0 Å². The molecule has 1 aromatic carbocycles. The summed E-state index contributed by atoms with van der Waals surface area (Å²) in [6.45, 7) is 10.4. The molecule has 0 heterocycles. The second-order valence-electron chi connectivity index (χ2n) is 5.25. The smallest absolute Gasteiger partial charge is 0.403 e. The zero-order valence-corrected chi connectivity index (χ0v) is 13.7. The van der Waals surface area contributed by atoms with E-state index >= 15 is 0 Å². The van der Waals surface area contributed by atoms with Crippen molar-refractivity contribution in [3.63, 3.8) is 0 Å². The first kappa shape index (κ1) is 17.2. The molecule has 0 aliphatic heterocycles. The highest BCUT2D eigenvalue weighted by Crippen LogP contribution is 2.53. The molecule has 0 aliphatic carbocycles. The molecule has 0 spiro atoms. The molecule has 0 saturated carbocycles. The average molecular weight is 301 g/mol. The first-order chi connectivity index (χ1) is 9.28. The minimum atomic E-state index is -3.73. The van der Waals surface area contributed by atoms with Gasteiger partial charge in [0.25, 0.3) is 0 Å². The molecule has 6 heteroatoms. The number of phosphoric ester groups is 1. The van der Waals surface area contributed by atoms with Crippen molar-refractivity contribution in [1.29, 1.82) is 0 Å². The SMILES string of the molecule is CCN(CC)OP(=O)(Oc1ccccc1)OC(C)(C)C.